The predicted octanol–water partition coefficient (Wildman–Crippen LogP) is 4.04. The molecule has 1 saturated carbocycles. The molecule has 0 heterocycles. The molecule has 2 rings (SSSR count). The van der Waals surface area contributed by atoms with Gasteiger partial charge in [0.25, 0.3) is 0 Å². The maximum absolute atomic E-state index is 14.2. The van der Waals surface area contributed by atoms with E-state index < -0.39 is 6.10 Å². The minimum absolute atomic E-state index is 0.217. The zero-order valence-corrected chi connectivity index (χ0v) is 11.9. The van der Waals surface area contributed by atoms with Crippen molar-refractivity contribution in [3.63, 3.8) is 0 Å². The molecule has 0 aliphatic heterocycles. The maximum Gasteiger partial charge on any atom is 0.146 e. The average molecular weight is 265 g/mol. The van der Waals surface area contributed by atoms with E-state index >= 15 is 0 Å². The standard InChI is InChI=1S/C16H24FNO/c1-3-18(14-7-5-4-6-8-14)16-10-9-13(12(2)19)11-15(16)17/h9-12,14,19H,3-8H2,1-2H3/t12-/m0/s1. The number of rotatable bonds is 4. The quantitative estimate of drug-likeness (QED) is 0.888. The van der Waals surface area contributed by atoms with Crippen LogP contribution in [-0.4, -0.2) is 17.7 Å². The van der Waals surface area contributed by atoms with E-state index in [4.69, 9.17) is 0 Å². The fraction of sp³-hybridized carbons (Fsp3) is 0.625. The number of aliphatic hydroxyl groups is 1. The highest BCUT2D eigenvalue weighted by atomic mass is 19.1. The Balaban J connectivity index is 2.22. The molecule has 0 amide bonds. The summed E-state index contributed by atoms with van der Waals surface area (Å²) in [5.74, 6) is -0.217. The first-order valence-electron chi connectivity index (χ1n) is 7.37. The van der Waals surface area contributed by atoms with E-state index in [1.54, 1.807) is 6.92 Å². The van der Waals surface area contributed by atoms with Crippen molar-refractivity contribution in [1.29, 1.82) is 0 Å². The number of anilines is 1. The lowest BCUT2D eigenvalue weighted by Crippen LogP contribution is -2.37. The van der Waals surface area contributed by atoms with E-state index in [0.29, 0.717) is 17.3 Å². The van der Waals surface area contributed by atoms with Gasteiger partial charge in [0, 0.05) is 12.6 Å². The molecule has 0 spiro atoms. The lowest BCUT2D eigenvalue weighted by Gasteiger charge is -2.35. The Morgan fingerprint density at radius 1 is 1.32 bits per heavy atom. The summed E-state index contributed by atoms with van der Waals surface area (Å²) >= 11 is 0. The molecule has 1 fully saturated rings. The van der Waals surface area contributed by atoms with Gasteiger partial charge < -0.3 is 10.0 Å². The highest BCUT2D eigenvalue weighted by molar-refractivity contribution is 5.50. The summed E-state index contributed by atoms with van der Waals surface area (Å²) in [6, 6.07) is 5.57. The molecule has 1 aliphatic carbocycles. The molecule has 0 radical (unpaired) electrons. The summed E-state index contributed by atoms with van der Waals surface area (Å²) < 4.78 is 14.2. The Morgan fingerprint density at radius 2 is 2.00 bits per heavy atom. The minimum atomic E-state index is -0.617. The summed E-state index contributed by atoms with van der Waals surface area (Å²) in [6.45, 7) is 4.57. The van der Waals surface area contributed by atoms with Crippen molar-refractivity contribution in [2.45, 2.75) is 58.1 Å². The Hall–Kier alpha value is -1.09. The SMILES string of the molecule is CCN(c1ccc([C@H](C)O)cc1F)C1CCCCC1. The van der Waals surface area contributed by atoms with Gasteiger partial charge in [-0.1, -0.05) is 25.3 Å². The van der Waals surface area contributed by atoms with Crippen LogP contribution in [0, 0.1) is 5.82 Å². The van der Waals surface area contributed by atoms with Crippen LogP contribution in [0.3, 0.4) is 0 Å². The van der Waals surface area contributed by atoms with Crippen LogP contribution < -0.4 is 4.90 Å². The van der Waals surface area contributed by atoms with Crippen molar-refractivity contribution >= 4 is 5.69 Å². The number of hydrogen-bond acceptors (Lipinski definition) is 2. The van der Waals surface area contributed by atoms with Gasteiger partial charge in [-0.2, -0.15) is 0 Å². The zero-order chi connectivity index (χ0) is 13.8. The first-order chi connectivity index (χ1) is 9.13. The number of nitrogens with zero attached hydrogens (tertiary/aromatic N) is 1. The molecule has 0 saturated heterocycles. The Labute approximate surface area is 115 Å². The molecule has 19 heavy (non-hydrogen) atoms. The molecular formula is C16H24FNO. The van der Waals surface area contributed by atoms with Crippen LogP contribution in [0.1, 0.15) is 57.6 Å². The maximum atomic E-state index is 14.2. The van der Waals surface area contributed by atoms with Crippen molar-refractivity contribution < 1.29 is 9.50 Å². The zero-order valence-electron chi connectivity index (χ0n) is 11.9. The second-order valence-corrected chi connectivity index (χ2v) is 5.46. The molecule has 0 aromatic heterocycles. The van der Waals surface area contributed by atoms with Crippen molar-refractivity contribution in [3.8, 4) is 0 Å². The average Bonchev–Trinajstić information content (AvgIpc) is 2.42. The van der Waals surface area contributed by atoms with Crippen LogP contribution in [0.15, 0.2) is 18.2 Å². The van der Waals surface area contributed by atoms with Gasteiger partial charge in [-0.05, 0) is 44.4 Å². The summed E-state index contributed by atoms with van der Waals surface area (Å²) in [5, 5.41) is 9.50. The lowest BCUT2D eigenvalue weighted by molar-refractivity contribution is 0.199. The van der Waals surface area contributed by atoms with Gasteiger partial charge >= 0.3 is 0 Å². The van der Waals surface area contributed by atoms with Gasteiger partial charge in [-0.25, -0.2) is 4.39 Å². The number of benzene rings is 1. The third kappa shape index (κ3) is 3.27. The van der Waals surface area contributed by atoms with Gasteiger partial charge in [-0.15, -0.1) is 0 Å². The van der Waals surface area contributed by atoms with Crippen molar-refractivity contribution in [2.75, 3.05) is 11.4 Å². The molecule has 1 aromatic carbocycles. The van der Waals surface area contributed by atoms with Gasteiger partial charge in [0.1, 0.15) is 5.82 Å². The summed E-state index contributed by atoms with van der Waals surface area (Å²) in [5.41, 5.74) is 1.32. The third-order valence-electron chi connectivity index (χ3n) is 4.12. The monoisotopic (exact) mass is 265 g/mol. The number of aliphatic hydroxyl groups excluding tert-OH is 1. The van der Waals surface area contributed by atoms with E-state index in [-0.39, 0.29) is 5.82 Å². The van der Waals surface area contributed by atoms with Crippen molar-refractivity contribution in [3.05, 3.63) is 29.6 Å². The van der Waals surface area contributed by atoms with E-state index in [1.807, 2.05) is 12.1 Å². The van der Waals surface area contributed by atoms with Gasteiger partial charge in [0.05, 0.1) is 11.8 Å². The second kappa shape index (κ2) is 6.38. The smallest absolute Gasteiger partial charge is 0.146 e. The molecule has 1 aromatic rings. The topological polar surface area (TPSA) is 23.5 Å². The van der Waals surface area contributed by atoms with Crippen LogP contribution in [0.4, 0.5) is 10.1 Å². The molecule has 0 unspecified atom stereocenters. The normalized spacial score (nSPS) is 18.3. The molecule has 1 aliphatic rings. The molecule has 3 heteroatoms. The van der Waals surface area contributed by atoms with E-state index in [9.17, 15) is 9.50 Å². The fourth-order valence-corrected chi connectivity index (χ4v) is 3.03. The highest BCUT2D eigenvalue weighted by Crippen LogP contribution is 2.30. The Bertz CT molecular complexity index is 413. The molecule has 0 bridgehead atoms. The highest BCUT2D eigenvalue weighted by Gasteiger charge is 2.22. The lowest BCUT2D eigenvalue weighted by atomic mass is 9.93. The number of hydrogen-bond donors (Lipinski definition) is 1. The molecule has 106 valence electrons. The summed E-state index contributed by atoms with van der Waals surface area (Å²) in [4.78, 5) is 2.18. The Kier molecular flexibility index (Phi) is 4.81. The van der Waals surface area contributed by atoms with E-state index in [0.717, 1.165) is 19.4 Å². The van der Waals surface area contributed by atoms with E-state index in [1.165, 1.54) is 25.3 Å². The van der Waals surface area contributed by atoms with Gasteiger partial charge in [-0.3, -0.25) is 0 Å². The number of halogens is 1. The van der Waals surface area contributed by atoms with Crippen molar-refractivity contribution in [2.24, 2.45) is 0 Å². The molecular weight excluding hydrogens is 241 g/mol. The minimum Gasteiger partial charge on any atom is -0.389 e. The molecule has 1 N–H and O–H groups in total. The van der Waals surface area contributed by atoms with Crippen LogP contribution in [0.25, 0.3) is 0 Å². The predicted molar refractivity (Wildman–Crippen MR) is 76.9 cm³/mol. The second-order valence-electron chi connectivity index (χ2n) is 5.46. The van der Waals surface area contributed by atoms with Crippen LogP contribution in [0.5, 0.6) is 0 Å². The summed E-state index contributed by atoms with van der Waals surface area (Å²) in [6.07, 6.45) is 5.49. The molecule has 1 atom stereocenters. The first kappa shape index (κ1) is 14.3. The summed E-state index contributed by atoms with van der Waals surface area (Å²) in [7, 11) is 0. The Morgan fingerprint density at radius 3 is 2.53 bits per heavy atom. The van der Waals surface area contributed by atoms with Crippen LogP contribution in [0.2, 0.25) is 0 Å². The van der Waals surface area contributed by atoms with Crippen LogP contribution in [-0.2, 0) is 0 Å². The van der Waals surface area contributed by atoms with Crippen molar-refractivity contribution in [1.82, 2.24) is 0 Å². The fourth-order valence-electron chi connectivity index (χ4n) is 3.03. The first-order valence-corrected chi connectivity index (χ1v) is 7.37. The largest absolute Gasteiger partial charge is 0.389 e. The van der Waals surface area contributed by atoms with E-state index in [2.05, 4.69) is 11.8 Å². The van der Waals surface area contributed by atoms with Gasteiger partial charge in [0.2, 0.25) is 0 Å². The van der Waals surface area contributed by atoms with Gasteiger partial charge in [0.15, 0.2) is 0 Å². The van der Waals surface area contributed by atoms with Crippen LogP contribution >= 0.6 is 0 Å². The molecule has 2 nitrogen and oxygen atoms in total. The third-order valence-corrected chi connectivity index (χ3v) is 4.12.